The number of aryl methyl sites for hydroxylation is 2. The second-order valence-electron chi connectivity index (χ2n) is 7.30. The molecular weight excluding hydrogens is 386 g/mol. The Labute approximate surface area is 175 Å². The zero-order chi connectivity index (χ0) is 19.3. The van der Waals surface area contributed by atoms with Crippen LogP contribution in [0.3, 0.4) is 0 Å². The van der Waals surface area contributed by atoms with Crippen LogP contribution >= 0.6 is 23.1 Å². The first-order valence-electron chi connectivity index (χ1n) is 9.90. The van der Waals surface area contributed by atoms with Gasteiger partial charge in [0, 0.05) is 41.8 Å². The number of aromatic nitrogens is 3. The van der Waals surface area contributed by atoms with E-state index in [1.165, 1.54) is 40.0 Å². The highest BCUT2D eigenvalue weighted by Gasteiger charge is 2.22. The van der Waals surface area contributed by atoms with Gasteiger partial charge in [0.25, 0.3) is 0 Å². The smallest absolute Gasteiger partial charge is 0.150 e. The molecule has 0 aromatic carbocycles. The monoisotopic (exact) mass is 413 g/mol. The molecule has 4 heterocycles. The lowest BCUT2D eigenvalue weighted by Crippen LogP contribution is -2.43. The summed E-state index contributed by atoms with van der Waals surface area (Å²) in [4.78, 5) is 17.0. The van der Waals surface area contributed by atoms with Crippen LogP contribution in [0.5, 0.6) is 0 Å². The number of rotatable bonds is 7. The van der Waals surface area contributed by atoms with Gasteiger partial charge in [-0.3, -0.25) is 4.98 Å². The Balaban J connectivity index is 1.27. The third-order valence-electron chi connectivity index (χ3n) is 5.51. The molecule has 28 heavy (non-hydrogen) atoms. The normalized spacial score (nSPS) is 15.4. The van der Waals surface area contributed by atoms with Crippen LogP contribution in [-0.2, 0) is 6.42 Å². The van der Waals surface area contributed by atoms with E-state index in [9.17, 15) is 0 Å². The van der Waals surface area contributed by atoms with Crippen molar-refractivity contribution in [1.82, 2.24) is 20.3 Å². The van der Waals surface area contributed by atoms with Crippen LogP contribution in [0.15, 0.2) is 35.1 Å². The maximum atomic E-state index is 4.61. The first-order valence-corrected chi connectivity index (χ1v) is 12.0. The van der Waals surface area contributed by atoms with E-state index >= 15 is 0 Å². The van der Waals surface area contributed by atoms with Crippen LogP contribution in [0.4, 0.5) is 5.82 Å². The summed E-state index contributed by atoms with van der Waals surface area (Å²) in [5.74, 6) is 1.11. The van der Waals surface area contributed by atoms with Gasteiger partial charge in [0.2, 0.25) is 0 Å². The van der Waals surface area contributed by atoms with E-state index in [-0.39, 0.29) is 0 Å². The fraction of sp³-hybridized carbons (Fsp3) is 0.476. The Morgan fingerprint density at radius 3 is 2.93 bits per heavy atom. The zero-order valence-corrected chi connectivity index (χ0v) is 18.2. The van der Waals surface area contributed by atoms with Crippen LogP contribution in [0.2, 0.25) is 0 Å². The van der Waals surface area contributed by atoms with Crippen molar-refractivity contribution in [2.75, 3.05) is 30.8 Å². The van der Waals surface area contributed by atoms with Gasteiger partial charge in [-0.1, -0.05) is 0 Å². The van der Waals surface area contributed by atoms with Crippen molar-refractivity contribution in [3.05, 3.63) is 41.3 Å². The maximum absolute atomic E-state index is 4.61. The lowest BCUT2D eigenvalue weighted by molar-refractivity contribution is 0.412. The van der Waals surface area contributed by atoms with Crippen molar-refractivity contribution in [1.29, 1.82) is 0 Å². The van der Waals surface area contributed by atoms with Gasteiger partial charge in [0.05, 0.1) is 4.70 Å². The van der Waals surface area contributed by atoms with E-state index < -0.39 is 0 Å². The topological polar surface area (TPSA) is 53.9 Å². The maximum Gasteiger partial charge on any atom is 0.150 e. The van der Waals surface area contributed by atoms with Crippen LogP contribution in [-0.4, -0.2) is 46.9 Å². The summed E-state index contributed by atoms with van der Waals surface area (Å²) in [5, 5.41) is 5.96. The number of thiophene rings is 1. The summed E-state index contributed by atoms with van der Waals surface area (Å²) in [6, 6.07) is 2.75. The van der Waals surface area contributed by atoms with Crippen molar-refractivity contribution >= 4 is 39.1 Å². The predicted octanol–water partition coefficient (Wildman–Crippen LogP) is 4.31. The number of nitrogens with one attached hydrogen (secondary N) is 1. The van der Waals surface area contributed by atoms with E-state index in [2.05, 4.69) is 49.8 Å². The first kappa shape index (κ1) is 19.6. The summed E-state index contributed by atoms with van der Waals surface area (Å²) in [6.07, 6.45) is 12.3. The average Bonchev–Trinajstić information content (AvgIpc) is 3.16. The van der Waals surface area contributed by atoms with Crippen LogP contribution in [0.25, 0.3) is 10.2 Å². The molecule has 5 nitrogen and oxygen atoms in total. The van der Waals surface area contributed by atoms with Crippen LogP contribution in [0.1, 0.15) is 30.4 Å². The van der Waals surface area contributed by atoms with Gasteiger partial charge >= 0.3 is 0 Å². The lowest BCUT2D eigenvalue weighted by Gasteiger charge is -2.33. The van der Waals surface area contributed by atoms with Gasteiger partial charge < -0.3 is 10.2 Å². The minimum atomic E-state index is 0.609. The van der Waals surface area contributed by atoms with Gasteiger partial charge in [-0.15, -0.1) is 23.1 Å². The molecular formula is C21H27N5S2. The third-order valence-corrected chi connectivity index (χ3v) is 7.37. The highest BCUT2D eigenvalue weighted by molar-refractivity contribution is 7.99. The first-order chi connectivity index (χ1) is 13.8. The molecule has 1 N–H and O–H groups in total. The van der Waals surface area contributed by atoms with Crippen molar-refractivity contribution < 1.29 is 0 Å². The summed E-state index contributed by atoms with van der Waals surface area (Å²) in [7, 11) is 0. The highest BCUT2D eigenvalue weighted by atomic mass is 32.2. The number of piperidine rings is 1. The Kier molecular flexibility index (Phi) is 6.44. The molecule has 7 heteroatoms. The molecule has 0 amide bonds. The van der Waals surface area contributed by atoms with Crippen molar-refractivity contribution in [2.45, 2.75) is 43.5 Å². The highest BCUT2D eigenvalue weighted by Crippen LogP contribution is 2.36. The Bertz CT molecular complexity index is 918. The van der Waals surface area contributed by atoms with Gasteiger partial charge in [0.1, 0.15) is 17.7 Å². The number of anilines is 1. The van der Waals surface area contributed by atoms with E-state index in [1.807, 2.05) is 12.4 Å². The van der Waals surface area contributed by atoms with Crippen molar-refractivity contribution in [3.63, 3.8) is 0 Å². The number of fused-ring (bicyclic) bond motifs is 1. The average molecular weight is 414 g/mol. The molecule has 4 rings (SSSR count). The molecule has 1 saturated heterocycles. The number of hydrogen-bond donors (Lipinski definition) is 1. The van der Waals surface area contributed by atoms with Gasteiger partial charge in [0.15, 0.2) is 0 Å². The predicted molar refractivity (Wildman–Crippen MR) is 120 cm³/mol. The number of hydrogen-bond acceptors (Lipinski definition) is 7. The SMILES string of the molecule is CSc1csc2c(N3CCC(NCCCc4ccncc4C)CC3)ncnc12. The van der Waals surface area contributed by atoms with Gasteiger partial charge in [-0.25, -0.2) is 9.97 Å². The minimum absolute atomic E-state index is 0.609. The molecule has 0 atom stereocenters. The molecule has 0 saturated carbocycles. The lowest BCUT2D eigenvalue weighted by atomic mass is 10.0. The van der Waals surface area contributed by atoms with E-state index in [0.717, 1.165) is 37.4 Å². The summed E-state index contributed by atoms with van der Waals surface area (Å²) >= 11 is 3.53. The Morgan fingerprint density at radius 1 is 1.29 bits per heavy atom. The summed E-state index contributed by atoms with van der Waals surface area (Å²) < 4.78 is 1.23. The van der Waals surface area contributed by atoms with Gasteiger partial charge in [-0.2, -0.15) is 0 Å². The molecule has 0 bridgehead atoms. The van der Waals surface area contributed by atoms with E-state index in [0.29, 0.717) is 6.04 Å². The molecule has 0 spiro atoms. The summed E-state index contributed by atoms with van der Waals surface area (Å²) in [6.45, 7) is 5.33. The molecule has 148 valence electrons. The second kappa shape index (κ2) is 9.20. The quantitative estimate of drug-likeness (QED) is 0.460. The standard InChI is InChI=1S/C21H27N5S2/c1-15-12-22-9-5-16(15)4-3-8-23-17-6-10-26(11-7-17)21-20-19(24-14-25-21)18(27-2)13-28-20/h5,9,12-14,17,23H,3-4,6-8,10-11H2,1-2H3. The molecule has 1 aliphatic rings. The van der Waals surface area contributed by atoms with Crippen LogP contribution < -0.4 is 10.2 Å². The Morgan fingerprint density at radius 2 is 2.14 bits per heavy atom. The summed E-state index contributed by atoms with van der Waals surface area (Å²) in [5.41, 5.74) is 3.82. The second-order valence-corrected chi connectivity index (χ2v) is 9.03. The molecule has 1 aliphatic heterocycles. The molecule has 3 aromatic heterocycles. The molecule has 0 unspecified atom stereocenters. The zero-order valence-electron chi connectivity index (χ0n) is 16.5. The number of pyridine rings is 1. The van der Waals surface area contributed by atoms with Gasteiger partial charge in [-0.05, 0) is 62.6 Å². The fourth-order valence-corrected chi connectivity index (χ4v) is 5.69. The Hall–Kier alpha value is -1.70. The largest absolute Gasteiger partial charge is 0.355 e. The fourth-order valence-electron chi connectivity index (χ4n) is 3.85. The molecule has 0 aliphatic carbocycles. The molecule has 0 radical (unpaired) electrons. The van der Waals surface area contributed by atoms with Crippen molar-refractivity contribution in [3.8, 4) is 0 Å². The number of thioether (sulfide) groups is 1. The molecule has 1 fully saturated rings. The van der Waals surface area contributed by atoms with E-state index in [1.54, 1.807) is 29.4 Å². The van der Waals surface area contributed by atoms with Crippen LogP contribution in [0, 0.1) is 6.92 Å². The number of nitrogens with zero attached hydrogens (tertiary/aromatic N) is 4. The molecule has 3 aromatic rings. The third kappa shape index (κ3) is 4.31. The van der Waals surface area contributed by atoms with E-state index in [4.69, 9.17) is 0 Å². The minimum Gasteiger partial charge on any atom is -0.355 e. The van der Waals surface area contributed by atoms with Crippen molar-refractivity contribution in [2.24, 2.45) is 0 Å².